The summed E-state index contributed by atoms with van der Waals surface area (Å²) in [5, 5.41) is 17.3. The molecule has 154 valence electrons. The highest BCUT2D eigenvalue weighted by Gasteiger charge is 2.20. The number of hydrogen-bond acceptors (Lipinski definition) is 5. The first kappa shape index (κ1) is 20.4. The normalized spacial score (nSPS) is 11.4. The van der Waals surface area contributed by atoms with Crippen molar-refractivity contribution in [1.29, 1.82) is 0 Å². The minimum Gasteiger partial charge on any atom is -0.496 e. The van der Waals surface area contributed by atoms with Crippen LogP contribution in [0, 0.1) is 5.41 Å². The van der Waals surface area contributed by atoms with E-state index < -0.39 is 6.09 Å². The number of carbonyl (C=O) groups is 1. The maximum absolute atomic E-state index is 11.5. The molecule has 3 aromatic rings. The fourth-order valence-electron chi connectivity index (χ4n) is 3.14. The number of nitrogens with one attached hydrogen (secondary N) is 1. The number of benzene rings is 1. The number of imidazole rings is 1. The number of methoxy groups -OCH3 is 1. The lowest BCUT2D eigenvalue weighted by Gasteiger charge is -2.27. The number of para-hydroxylation sites is 1. The van der Waals surface area contributed by atoms with Gasteiger partial charge in [-0.3, -0.25) is 0 Å². The Morgan fingerprint density at radius 3 is 2.69 bits per heavy atom. The molecule has 8 nitrogen and oxygen atoms in total. The van der Waals surface area contributed by atoms with Crippen LogP contribution in [0.25, 0.3) is 16.9 Å². The first-order chi connectivity index (χ1) is 13.8. The SMILES string of the molecule is COc1ccccc1-c1cnc2ccc(NCCN(CC(C)(C)C)C(=O)O)nn12. The lowest BCUT2D eigenvalue weighted by molar-refractivity contribution is 0.128. The van der Waals surface area contributed by atoms with E-state index in [9.17, 15) is 9.90 Å². The van der Waals surface area contributed by atoms with Crippen molar-refractivity contribution in [3.63, 3.8) is 0 Å². The van der Waals surface area contributed by atoms with E-state index in [2.05, 4.69) is 15.4 Å². The van der Waals surface area contributed by atoms with Crippen LogP contribution in [-0.4, -0.2) is 57.4 Å². The van der Waals surface area contributed by atoms with E-state index in [0.717, 1.165) is 22.7 Å². The zero-order valence-electron chi connectivity index (χ0n) is 17.2. The Bertz CT molecular complexity index is 993. The Balaban J connectivity index is 1.77. The van der Waals surface area contributed by atoms with Crippen molar-refractivity contribution in [2.45, 2.75) is 20.8 Å². The van der Waals surface area contributed by atoms with Crippen LogP contribution < -0.4 is 10.1 Å². The van der Waals surface area contributed by atoms with Crippen molar-refractivity contribution in [2.75, 3.05) is 32.1 Å². The molecule has 1 amide bonds. The molecule has 0 bridgehead atoms. The number of amides is 1. The summed E-state index contributed by atoms with van der Waals surface area (Å²) in [6.07, 6.45) is 0.845. The molecule has 0 atom stereocenters. The molecule has 1 aromatic carbocycles. The second-order valence-corrected chi connectivity index (χ2v) is 8.02. The molecule has 29 heavy (non-hydrogen) atoms. The van der Waals surface area contributed by atoms with Gasteiger partial charge in [0.05, 0.1) is 19.0 Å². The number of rotatable bonds is 7. The van der Waals surface area contributed by atoms with Crippen LogP contribution in [0.4, 0.5) is 10.6 Å². The average molecular weight is 397 g/mol. The van der Waals surface area contributed by atoms with E-state index in [4.69, 9.17) is 4.74 Å². The van der Waals surface area contributed by atoms with Crippen LogP contribution in [0.2, 0.25) is 0 Å². The van der Waals surface area contributed by atoms with Gasteiger partial charge < -0.3 is 20.1 Å². The third-order valence-electron chi connectivity index (χ3n) is 4.37. The minimum atomic E-state index is -0.918. The molecule has 0 saturated carbocycles. The molecule has 2 N–H and O–H groups in total. The summed E-state index contributed by atoms with van der Waals surface area (Å²) < 4.78 is 7.21. The van der Waals surface area contributed by atoms with Crippen LogP contribution in [-0.2, 0) is 0 Å². The second-order valence-electron chi connectivity index (χ2n) is 8.02. The molecule has 0 aliphatic heterocycles. The summed E-state index contributed by atoms with van der Waals surface area (Å²) in [5.41, 5.74) is 2.34. The van der Waals surface area contributed by atoms with Crippen molar-refractivity contribution >= 4 is 17.6 Å². The molecule has 2 heterocycles. The van der Waals surface area contributed by atoms with Crippen LogP contribution in [0.5, 0.6) is 5.75 Å². The zero-order chi connectivity index (χ0) is 21.0. The van der Waals surface area contributed by atoms with Gasteiger partial charge >= 0.3 is 6.09 Å². The van der Waals surface area contributed by atoms with Gasteiger partial charge in [-0.1, -0.05) is 32.9 Å². The molecule has 0 spiro atoms. The molecule has 8 heteroatoms. The molecule has 0 radical (unpaired) electrons. The number of ether oxygens (including phenoxy) is 1. The maximum atomic E-state index is 11.5. The quantitative estimate of drug-likeness (QED) is 0.629. The van der Waals surface area contributed by atoms with E-state index in [1.54, 1.807) is 17.8 Å². The summed E-state index contributed by atoms with van der Waals surface area (Å²) in [7, 11) is 1.63. The predicted molar refractivity (Wildman–Crippen MR) is 113 cm³/mol. The number of carboxylic acid groups (broad SMARTS) is 1. The van der Waals surface area contributed by atoms with Gasteiger partial charge in [0.15, 0.2) is 5.65 Å². The highest BCUT2D eigenvalue weighted by Crippen LogP contribution is 2.29. The zero-order valence-corrected chi connectivity index (χ0v) is 17.2. The molecule has 0 saturated heterocycles. The molecular formula is C21H27N5O3. The largest absolute Gasteiger partial charge is 0.496 e. The monoisotopic (exact) mass is 397 g/mol. The number of hydrogen-bond donors (Lipinski definition) is 2. The van der Waals surface area contributed by atoms with Gasteiger partial charge in [0, 0.05) is 25.2 Å². The lowest BCUT2D eigenvalue weighted by atomic mass is 9.96. The molecule has 0 unspecified atom stereocenters. The van der Waals surface area contributed by atoms with Crippen molar-refractivity contribution in [3.8, 4) is 17.0 Å². The summed E-state index contributed by atoms with van der Waals surface area (Å²) in [6, 6.07) is 11.4. The Morgan fingerprint density at radius 2 is 2.00 bits per heavy atom. The lowest BCUT2D eigenvalue weighted by Crippen LogP contribution is -2.39. The highest BCUT2D eigenvalue weighted by atomic mass is 16.5. The summed E-state index contributed by atoms with van der Waals surface area (Å²) in [4.78, 5) is 17.3. The van der Waals surface area contributed by atoms with Gasteiger partial charge in [-0.15, -0.1) is 5.10 Å². The van der Waals surface area contributed by atoms with E-state index >= 15 is 0 Å². The molecule has 0 aliphatic rings. The van der Waals surface area contributed by atoms with Gasteiger partial charge in [-0.25, -0.2) is 14.3 Å². The number of aromatic nitrogens is 3. The average Bonchev–Trinajstić information content (AvgIpc) is 3.09. The molecule has 0 fully saturated rings. The third kappa shape index (κ3) is 4.96. The van der Waals surface area contributed by atoms with E-state index in [1.807, 2.05) is 57.2 Å². The topological polar surface area (TPSA) is 92.0 Å². The summed E-state index contributed by atoms with van der Waals surface area (Å²) >= 11 is 0. The van der Waals surface area contributed by atoms with Crippen LogP contribution in [0.1, 0.15) is 20.8 Å². The summed E-state index contributed by atoms with van der Waals surface area (Å²) in [6.45, 7) is 7.35. The number of nitrogens with zero attached hydrogens (tertiary/aromatic N) is 4. The van der Waals surface area contributed by atoms with Crippen LogP contribution in [0.15, 0.2) is 42.6 Å². The molecular weight excluding hydrogens is 370 g/mol. The van der Waals surface area contributed by atoms with Crippen molar-refractivity contribution in [1.82, 2.24) is 19.5 Å². The highest BCUT2D eigenvalue weighted by molar-refractivity contribution is 5.69. The first-order valence-electron chi connectivity index (χ1n) is 9.48. The third-order valence-corrected chi connectivity index (χ3v) is 4.37. The Morgan fingerprint density at radius 1 is 1.24 bits per heavy atom. The summed E-state index contributed by atoms with van der Waals surface area (Å²) in [5.74, 6) is 1.39. The smallest absolute Gasteiger partial charge is 0.407 e. The van der Waals surface area contributed by atoms with Crippen molar-refractivity contribution < 1.29 is 14.6 Å². The van der Waals surface area contributed by atoms with E-state index in [-0.39, 0.29) is 5.41 Å². The fraction of sp³-hybridized carbons (Fsp3) is 0.381. The van der Waals surface area contributed by atoms with Gasteiger partial charge in [-0.05, 0) is 29.7 Å². The van der Waals surface area contributed by atoms with E-state index in [1.165, 1.54) is 4.90 Å². The van der Waals surface area contributed by atoms with Gasteiger partial charge in [-0.2, -0.15) is 0 Å². The second kappa shape index (κ2) is 8.38. The van der Waals surface area contributed by atoms with Gasteiger partial charge in [0.1, 0.15) is 11.6 Å². The fourth-order valence-corrected chi connectivity index (χ4v) is 3.14. The first-order valence-corrected chi connectivity index (χ1v) is 9.48. The van der Waals surface area contributed by atoms with E-state index in [0.29, 0.717) is 25.5 Å². The Hall–Kier alpha value is -3.29. The van der Waals surface area contributed by atoms with Gasteiger partial charge in [0.2, 0.25) is 0 Å². The van der Waals surface area contributed by atoms with Gasteiger partial charge in [0.25, 0.3) is 0 Å². The standard InChI is InChI=1S/C21H27N5O3/c1-21(2,3)14-25(20(27)28)12-11-22-18-9-10-19-23-13-16(26(19)24-18)15-7-5-6-8-17(15)29-4/h5-10,13H,11-12,14H2,1-4H3,(H,22,24)(H,27,28). The van der Waals surface area contributed by atoms with Crippen molar-refractivity contribution in [2.24, 2.45) is 5.41 Å². The van der Waals surface area contributed by atoms with Crippen molar-refractivity contribution in [3.05, 3.63) is 42.6 Å². The predicted octanol–water partition coefficient (Wildman–Crippen LogP) is 3.84. The molecule has 2 aromatic heterocycles. The van der Waals surface area contributed by atoms with Crippen LogP contribution in [0.3, 0.4) is 0 Å². The number of fused-ring (bicyclic) bond motifs is 1. The van der Waals surface area contributed by atoms with Crippen LogP contribution >= 0.6 is 0 Å². The molecule has 3 rings (SSSR count). The Kier molecular flexibility index (Phi) is 5.91. The molecule has 0 aliphatic carbocycles. The maximum Gasteiger partial charge on any atom is 0.407 e. The number of anilines is 1. The Labute approximate surface area is 170 Å². The minimum absolute atomic E-state index is 0.101.